The van der Waals surface area contributed by atoms with Gasteiger partial charge < -0.3 is 4.74 Å². The highest BCUT2D eigenvalue weighted by Crippen LogP contribution is 2.45. The average molecular weight is 292 g/mol. The minimum Gasteiger partial charge on any atom is -0.462 e. The molecular weight excluding hydrogens is 264 g/mol. The first-order valence-electron chi connectivity index (χ1n) is 8.27. The van der Waals surface area contributed by atoms with E-state index in [1.807, 2.05) is 19.9 Å². The van der Waals surface area contributed by atoms with Gasteiger partial charge in [0.05, 0.1) is 6.42 Å². The van der Waals surface area contributed by atoms with E-state index in [0.29, 0.717) is 18.3 Å². The van der Waals surface area contributed by atoms with E-state index in [-0.39, 0.29) is 29.2 Å². The molecule has 1 aliphatic carbocycles. The van der Waals surface area contributed by atoms with Gasteiger partial charge in [0.1, 0.15) is 6.10 Å². The SMILES string of the molecule is CCCCC(C)(C)C(=O)C=C[C@H]1[C@@H]2CC(=O)O[C@@H]2C[C@@H]1C. The molecule has 1 saturated carbocycles. The normalized spacial score (nSPS) is 32.5. The van der Waals surface area contributed by atoms with Crippen LogP contribution in [0.5, 0.6) is 0 Å². The van der Waals surface area contributed by atoms with E-state index in [2.05, 4.69) is 13.8 Å². The van der Waals surface area contributed by atoms with Crippen LogP contribution < -0.4 is 0 Å². The fraction of sp³-hybridized carbons (Fsp3) is 0.778. The van der Waals surface area contributed by atoms with Crippen LogP contribution in [-0.2, 0) is 14.3 Å². The molecule has 0 unspecified atom stereocenters. The van der Waals surface area contributed by atoms with E-state index in [9.17, 15) is 9.59 Å². The minimum atomic E-state index is -0.282. The molecule has 0 spiro atoms. The molecule has 3 nitrogen and oxygen atoms in total. The fourth-order valence-electron chi connectivity index (χ4n) is 3.68. The Balaban J connectivity index is 1.99. The Morgan fingerprint density at radius 1 is 1.43 bits per heavy atom. The van der Waals surface area contributed by atoms with Crippen molar-refractivity contribution >= 4 is 11.8 Å². The molecule has 3 heteroatoms. The van der Waals surface area contributed by atoms with Crippen molar-refractivity contribution in [2.45, 2.75) is 65.9 Å². The van der Waals surface area contributed by atoms with Crippen LogP contribution >= 0.6 is 0 Å². The molecule has 0 radical (unpaired) electrons. The van der Waals surface area contributed by atoms with Crippen LogP contribution in [0.2, 0.25) is 0 Å². The third-order valence-corrected chi connectivity index (χ3v) is 5.21. The number of unbranched alkanes of at least 4 members (excludes halogenated alkanes) is 1. The molecule has 0 amide bonds. The van der Waals surface area contributed by atoms with Gasteiger partial charge in [0.15, 0.2) is 5.78 Å². The van der Waals surface area contributed by atoms with Gasteiger partial charge in [0, 0.05) is 11.3 Å². The van der Waals surface area contributed by atoms with Crippen molar-refractivity contribution in [3.05, 3.63) is 12.2 Å². The number of carbonyl (C=O) groups is 2. The smallest absolute Gasteiger partial charge is 0.306 e. The number of fused-ring (bicyclic) bond motifs is 1. The Labute approximate surface area is 128 Å². The highest BCUT2D eigenvalue weighted by atomic mass is 16.6. The molecule has 21 heavy (non-hydrogen) atoms. The van der Waals surface area contributed by atoms with Crippen molar-refractivity contribution in [2.75, 3.05) is 0 Å². The van der Waals surface area contributed by atoms with Crippen LogP contribution in [0.1, 0.15) is 59.8 Å². The molecule has 1 saturated heterocycles. The predicted molar refractivity (Wildman–Crippen MR) is 82.7 cm³/mol. The maximum atomic E-state index is 12.4. The molecule has 0 aromatic carbocycles. The van der Waals surface area contributed by atoms with E-state index in [4.69, 9.17) is 4.74 Å². The summed E-state index contributed by atoms with van der Waals surface area (Å²) in [5.41, 5.74) is -0.282. The summed E-state index contributed by atoms with van der Waals surface area (Å²) < 4.78 is 5.36. The van der Waals surface area contributed by atoms with E-state index in [1.54, 1.807) is 6.08 Å². The van der Waals surface area contributed by atoms with E-state index >= 15 is 0 Å². The molecule has 0 aromatic rings. The number of carbonyl (C=O) groups excluding carboxylic acids is 2. The molecule has 118 valence electrons. The summed E-state index contributed by atoms with van der Waals surface area (Å²) >= 11 is 0. The number of ether oxygens (including phenoxy) is 1. The standard InChI is InChI=1S/C18H28O3/c1-5-6-9-18(3,4)16(19)8-7-13-12(2)10-15-14(13)11-17(20)21-15/h7-8,12-15H,5-6,9-11H2,1-4H3/t12-,13+,14-,15+/m0/s1. The van der Waals surface area contributed by atoms with Gasteiger partial charge in [0.25, 0.3) is 0 Å². The second-order valence-electron chi connectivity index (χ2n) is 7.40. The number of esters is 1. The highest BCUT2D eigenvalue weighted by molar-refractivity contribution is 5.94. The molecule has 0 N–H and O–H groups in total. The van der Waals surface area contributed by atoms with Crippen LogP contribution in [-0.4, -0.2) is 17.9 Å². The molecular formula is C18H28O3. The zero-order valence-corrected chi connectivity index (χ0v) is 13.7. The summed E-state index contributed by atoms with van der Waals surface area (Å²) in [5, 5.41) is 0. The van der Waals surface area contributed by atoms with Crippen molar-refractivity contribution in [1.29, 1.82) is 0 Å². The maximum Gasteiger partial charge on any atom is 0.306 e. The zero-order valence-electron chi connectivity index (χ0n) is 13.7. The number of hydrogen-bond acceptors (Lipinski definition) is 3. The molecule has 2 aliphatic rings. The molecule has 1 aliphatic heterocycles. The summed E-state index contributed by atoms with van der Waals surface area (Å²) in [6.07, 6.45) is 8.46. The predicted octanol–water partition coefficient (Wildman–Crippen LogP) is 3.92. The lowest BCUT2D eigenvalue weighted by molar-refractivity contribution is -0.141. The first-order valence-corrected chi connectivity index (χ1v) is 8.27. The van der Waals surface area contributed by atoms with Crippen molar-refractivity contribution in [2.24, 2.45) is 23.2 Å². The maximum absolute atomic E-state index is 12.4. The molecule has 2 rings (SSSR count). The first kappa shape index (κ1) is 16.3. The fourth-order valence-corrected chi connectivity index (χ4v) is 3.68. The Kier molecular flexibility index (Phi) is 4.90. The van der Waals surface area contributed by atoms with Crippen molar-refractivity contribution in [1.82, 2.24) is 0 Å². The Morgan fingerprint density at radius 2 is 2.14 bits per heavy atom. The second kappa shape index (κ2) is 6.33. The zero-order chi connectivity index (χ0) is 15.6. The van der Waals surface area contributed by atoms with E-state index in [0.717, 1.165) is 25.7 Å². The lowest BCUT2D eigenvalue weighted by atomic mass is 9.81. The van der Waals surface area contributed by atoms with E-state index in [1.165, 1.54) is 0 Å². The summed E-state index contributed by atoms with van der Waals surface area (Å²) in [6.45, 7) is 8.39. The van der Waals surface area contributed by atoms with Crippen LogP contribution in [0.3, 0.4) is 0 Å². The Bertz CT molecular complexity index is 436. The molecule has 1 heterocycles. The molecule has 4 atom stereocenters. The number of ketones is 1. The van der Waals surface area contributed by atoms with Gasteiger partial charge in [-0.1, -0.05) is 46.6 Å². The Hall–Kier alpha value is -1.12. The van der Waals surface area contributed by atoms with Gasteiger partial charge in [-0.2, -0.15) is 0 Å². The second-order valence-corrected chi connectivity index (χ2v) is 7.40. The monoisotopic (exact) mass is 292 g/mol. The van der Waals surface area contributed by atoms with Crippen LogP contribution in [0.25, 0.3) is 0 Å². The minimum absolute atomic E-state index is 0.0744. The first-order chi connectivity index (χ1) is 9.85. The van der Waals surface area contributed by atoms with Crippen LogP contribution in [0, 0.1) is 23.2 Å². The number of allylic oxidation sites excluding steroid dienone is 2. The third-order valence-electron chi connectivity index (χ3n) is 5.21. The largest absolute Gasteiger partial charge is 0.462 e. The van der Waals surface area contributed by atoms with Crippen molar-refractivity contribution in [3.8, 4) is 0 Å². The van der Waals surface area contributed by atoms with Gasteiger partial charge >= 0.3 is 5.97 Å². The third kappa shape index (κ3) is 3.56. The van der Waals surface area contributed by atoms with Crippen LogP contribution in [0.15, 0.2) is 12.2 Å². The molecule has 0 aromatic heterocycles. The van der Waals surface area contributed by atoms with Gasteiger partial charge in [-0.05, 0) is 30.8 Å². The highest BCUT2D eigenvalue weighted by Gasteiger charge is 2.47. The van der Waals surface area contributed by atoms with E-state index < -0.39 is 0 Å². The summed E-state index contributed by atoms with van der Waals surface area (Å²) in [5.74, 6) is 1.18. The topological polar surface area (TPSA) is 43.4 Å². The van der Waals surface area contributed by atoms with Crippen molar-refractivity contribution < 1.29 is 14.3 Å². The van der Waals surface area contributed by atoms with Gasteiger partial charge in [0.2, 0.25) is 0 Å². The number of rotatable bonds is 6. The van der Waals surface area contributed by atoms with Gasteiger partial charge in [-0.15, -0.1) is 0 Å². The number of hydrogen-bond donors (Lipinski definition) is 0. The molecule has 0 bridgehead atoms. The average Bonchev–Trinajstić information content (AvgIpc) is 2.89. The Morgan fingerprint density at radius 3 is 2.81 bits per heavy atom. The summed E-state index contributed by atoms with van der Waals surface area (Å²) in [6, 6.07) is 0. The van der Waals surface area contributed by atoms with Crippen LogP contribution in [0.4, 0.5) is 0 Å². The summed E-state index contributed by atoms with van der Waals surface area (Å²) in [7, 11) is 0. The summed E-state index contributed by atoms with van der Waals surface area (Å²) in [4.78, 5) is 23.8. The molecule has 2 fully saturated rings. The lowest BCUT2D eigenvalue weighted by Crippen LogP contribution is -2.23. The van der Waals surface area contributed by atoms with Gasteiger partial charge in [-0.3, -0.25) is 9.59 Å². The van der Waals surface area contributed by atoms with Crippen molar-refractivity contribution in [3.63, 3.8) is 0 Å². The van der Waals surface area contributed by atoms with Gasteiger partial charge in [-0.25, -0.2) is 0 Å². The lowest BCUT2D eigenvalue weighted by Gasteiger charge is -2.22. The quantitative estimate of drug-likeness (QED) is 0.550.